The molecule has 2 atom stereocenters. The zero-order valence-corrected chi connectivity index (χ0v) is 13.8. The van der Waals surface area contributed by atoms with Crippen LogP contribution in [0, 0.1) is 5.92 Å². The van der Waals surface area contributed by atoms with Crippen molar-refractivity contribution >= 4 is 22.8 Å². The maximum atomic E-state index is 12.5. The number of nitrogens with one attached hydrogen (secondary N) is 2. The molecule has 7 heteroatoms. The highest BCUT2D eigenvalue weighted by Crippen LogP contribution is 2.17. The van der Waals surface area contributed by atoms with Crippen LogP contribution in [-0.4, -0.2) is 45.8 Å². The summed E-state index contributed by atoms with van der Waals surface area (Å²) in [5.41, 5.74) is 8.86. The predicted molar refractivity (Wildman–Crippen MR) is 90.9 cm³/mol. The molecule has 1 aliphatic heterocycles. The first-order valence-corrected chi connectivity index (χ1v) is 8.23. The predicted octanol–water partition coefficient (Wildman–Crippen LogP) is 0.765. The molecule has 2 amide bonds. The third-order valence-corrected chi connectivity index (χ3v) is 4.55. The number of imidazole rings is 1. The van der Waals surface area contributed by atoms with Gasteiger partial charge in [-0.1, -0.05) is 6.07 Å². The third-order valence-electron chi connectivity index (χ3n) is 4.55. The summed E-state index contributed by atoms with van der Waals surface area (Å²) in [5, 5.41) is 2.98. The number of hydrogen-bond acceptors (Lipinski definition) is 4. The second kappa shape index (κ2) is 7.00. The van der Waals surface area contributed by atoms with Crippen molar-refractivity contribution in [1.29, 1.82) is 0 Å². The van der Waals surface area contributed by atoms with Gasteiger partial charge in [0.2, 0.25) is 11.8 Å². The molecule has 0 bridgehead atoms. The number of fused-ring (bicyclic) bond motifs is 1. The molecule has 128 valence electrons. The minimum Gasteiger partial charge on any atom is -0.352 e. The number of hydrogen-bond donors (Lipinski definition) is 3. The molecule has 1 saturated heterocycles. The smallest absolute Gasteiger partial charge is 0.225 e. The molecule has 2 heterocycles. The van der Waals surface area contributed by atoms with Gasteiger partial charge in [-0.05, 0) is 30.5 Å². The normalized spacial score (nSPS) is 21.5. The second-order valence-electron chi connectivity index (χ2n) is 6.43. The average molecular weight is 329 g/mol. The minimum absolute atomic E-state index is 0.0277. The maximum absolute atomic E-state index is 12.5. The summed E-state index contributed by atoms with van der Waals surface area (Å²) in [5.74, 6) is -0.270. The van der Waals surface area contributed by atoms with Crippen molar-refractivity contribution in [2.75, 3.05) is 13.1 Å². The van der Waals surface area contributed by atoms with E-state index in [1.807, 2.05) is 18.2 Å². The van der Waals surface area contributed by atoms with Crippen molar-refractivity contribution < 1.29 is 9.59 Å². The first-order valence-electron chi connectivity index (χ1n) is 8.23. The fraction of sp³-hybridized carbons (Fsp3) is 0.471. The minimum atomic E-state index is -0.210. The summed E-state index contributed by atoms with van der Waals surface area (Å²) in [6.07, 6.45) is 3.11. The topological polar surface area (TPSA) is 104 Å². The lowest BCUT2D eigenvalue weighted by molar-refractivity contribution is -0.131. The zero-order chi connectivity index (χ0) is 17.1. The van der Waals surface area contributed by atoms with Crippen molar-refractivity contribution in [3.8, 4) is 0 Å². The Labute approximate surface area is 140 Å². The molecule has 3 rings (SSSR count). The van der Waals surface area contributed by atoms with Gasteiger partial charge in [0.05, 0.1) is 23.3 Å². The summed E-state index contributed by atoms with van der Waals surface area (Å²) in [4.78, 5) is 33.1. The highest BCUT2D eigenvalue weighted by Gasteiger charge is 2.28. The van der Waals surface area contributed by atoms with Gasteiger partial charge in [0.25, 0.3) is 0 Å². The van der Waals surface area contributed by atoms with Gasteiger partial charge in [-0.15, -0.1) is 0 Å². The van der Waals surface area contributed by atoms with E-state index in [4.69, 9.17) is 5.73 Å². The monoisotopic (exact) mass is 329 g/mol. The Bertz CT molecular complexity index is 741. The number of carbonyl (C=O) groups is 2. The second-order valence-corrected chi connectivity index (χ2v) is 6.43. The van der Waals surface area contributed by atoms with Gasteiger partial charge in [-0.3, -0.25) is 9.59 Å². The number of amides is 2. The van der Waals surface area contributed by atoms with E-state index in [1.54, 1.807) is 11.2 Å². The third kappa shape index (κ3) is 3.73. The molecule has 1 fully saturated rings. The van der Waals surface area contributed by atoms with E-state index in [-0.39, 0.29) is 23.8 Å². The lowest BCUT2D eigenvalue weighted by Crippen LogP contribution is -2.42. The molecule has 1 aromatic heterocycles. The molecular formula is C17H23N5O2. The fourth-order valence-electron chi connectivity index (χ4n) is 3.12. The lowest BCUT2D eigenvalue weighted by Gasteiger charge is -2.23. The Morgan fingerprint density at radius 3 is 3.00 bits per heavy atom. The number of nitrogens with two attached hydrogens (primary N) is 1. The van der Waals surface area contributed by atoms with Gasteiger partial charge in [-0.2, -0.15) is 0 Å². The molecule has 0 unspecified atom stereocenters. The molecule has 0 spiro atoms. The van der Waals surface area contributed by atoms with Crippen molar-refractivity contribution in [1.82, 2.24) is 20.2 Å². The van der Waals surface area contributed by atoms with Crippen LogP contribution in [0.4, 0.5) is 0 Å². The number of H-pyrrole nitrogens is 1. The Kier molecular flexibility index (Phi) is 4.80. The van der Waals surface area contributed by atoms with E-state index >= 15 is 0 Å². The van der Waals surface area contributed by atoms with Crippen LogP contribution < -0.4 is 11.1 Å². The number of carbonyl (C=O) groups excluding carboxylic acids is 2. The highest BCUT2D eigenvalue weighted by atomic mass is 16.2. The van der Waals surface area contributed by atoms with Crippen molar-refractivity contribution in [2.24, 2.45) is 11.7 Å². The fourth-order valence-corrected chi connectivity index (χ4v) is 3.12. The summed E-state index contributed by atoms with van der Waals surface area (Å²) < 4.78 is 0. The van der Waals surface area contributed by atoms with E-state index in [9.17, 15) is 9.59 Å². The Balaban J connectivity index is 1.61. The van der Waals surface area contributed by atoms with Crippen LogP contribution in [0.1, 0.15) is 25.3 Å². The number of nitrogens with zero attached hydrogens (tertiary/aromatic N) is 2. The molecule has 24 heavy (non-hydrogen) atoms. The van der Waals surface area contributed by atoms with E-state index in [0.29, 0.717) is 26.1 Å². The zero-order valence-electron chi connectivity index (χ0n) is 13.8. The molecule has 1 aromatic carbocycles. The Hall–Kier alpha value is -2.41. The Morgan fingerprint density at radius 1 is 1.38 bits per heavy atom. The SMILES string of the molecule is CC(=O)N1C[C@@H](N)CC[C@@H](C(=O)NCc2ccc3nc[nH]c3c2)C1. The number of aromatic nitrogens is 2. The van der Waals surface area contributed by atoms with Crippen LogP contribution >= 0.6 is 0 Å². The van der Waals surface area contributed by atoms with Crippen LogP contribution in [0.25, 0.3) is 11.0 Å². The first kappa shape index (κ1) is 16.4. The quantitative estimate of drug-likeness (QED) is 0.773. The van der Waals surface area contributed by atoms with Crippen molar-refractivity contribution in [3.05, 3.63) is 30.1 Å². The molecule has 0 saturated carbocycles. The molecule has 4 N–H and O–H groups in total. The van der Waals surface area contributed by atoms with Crippen molar-refractivity contribution in [2.45, 2.75) is 32.4 Å². The van der Waals surface area contributed by atoms with E-state index in [2.05, 4.69) is 15.3 Å². The lowest BCUT2D eigenvalue weighted by atomic mass is 10.0. The van der Waals surface area contributed by atoms with Crippen LogP contribution in [0.15, 0.2) is 24.5 Å². The molecule has 1 aliphatic rings. The van der Waals surface area contributed by atoms with Gasteiger partial charge in [-0.25, -0.2) is 4.98 Å². The van der Waals surface area contributed by atoms with Gasteiger partial charge in [0, 0.05) is 32.6 Å². The van der Waals surface area contributed by atoms with E-state index in [1.165, 1.54) is 6.92 Å². The number of likely N-dealkylation sites (tertiary alicyclic amines) is 1. The number of rotatable bonds is 3. The van der Waals surface area contributed by atoms with Crippen LogP contribution in [0.2, 0.25) is 0 Å². The molecule has 7 nitrogen and oxygen atoms in total. The summed E-state index contributed by atoms with van der Waals surface area (Å²) in [6.45, 7) is 2.94. The van der Waals surface area contributed by atoms with Gasteiger partial charge in [0.15, 0.2) is 0 Å². The first-order chi connectivity index (χ1) is 11.5. The average Bonchev–Trinajstić information content (AvgIpc) is 2.93. The number of benzene rings is 1. The molecule has 2 aromatic rings. The van der Waals surface area contributed by atoms with Crippen LogP contribution in [0.3, 0.4) is 0 Å². The van der Waals surface area contributed by atoms with E-state index < -0.39 is 0 Å². The highest BCUT2D eigenvalue weighted by molar-refractivity contribution is 5.81. The molecule has 0 radical (unpaired) electrons. The van der Waals surface area contributed by atoms with Gasteiger partial charge < -0.3 is 20.9 Å². The van der Waals surface area contributed by atoms with Crippen LogP contribution in [-0.2, 0) is 16.1 Å². The van der Waals surface area contributed by atoms with Gasteiger partial charge >= 0.3 is 0 Å². The maximum Gasteiger partial charge on any atom is 0.225 e. The molecule has 0 aliphatic carbocycles. The summed E-state index contributed by atoms with van der Waals surface area (Å²) in [6, 6.07) is 5.80. The summed E-state index contributed by atoms with van der Waals surface area (Å²) >= 11 is 0. The van der Waals surface area contributed by atoms with Gasteiger partial charge in [0.1, 0.15) is 0 Å². The largest absolute Gasteiger partial charge is 0.352 e. The van der Waals surface area contributed by atoms with Crippen LogP contribution in [0.5, 0.6) is 0 Å². The Morgan fingerprint density at radius 2 is 2.21 bits per heavy atom. The standard InChI is InChI=1S/C17H23N5O2/c1-11(23)22-8-13(3-4-14(18)9-22)17(24)19-7-12-2-5-15-16(6-12)21-10-20-15/h2,5-6,10,13-14H,3-4,7-9,18H2,1H3,(H,19,24)(H,20,21)/t13-,14+/m1/s1. The summed E-state index contributed by atoms with van der Waals surface area (Å²) in [7, 11) is 0. The van der Waals surface area contributed by atoms with Crippen molar-refractivity contribution in [3.63, 3.8) is 0 Å². The number of aromatic amines is 1. The molecular weight excluding hydrogens is 306 g/mol. The van der Waals surface area contributed by atoms with E-state index in [0.717, 1.165) is 23.0 Å².